The molecule has 1 aliphatic carbocycles. The second kappa shape index (κ2) is 6.00. The minimum absolute atomic E-state index is 0.266. The summed E-state index contributed by atoms with van der Waals surface area (Å²) in [7, 11) is 0. The molecular weight excluding hydrogens is 312 g/mol. The average molecular weight is 331 g/mol. The zero-order chi connectivity index (χ0) is 16.7. The zero-order valence-corrected chi connectivity index (χ0v) is 13.5. The maximum Gasteiger partial charge on any atom is 0.225 e. The smallest absolute Gasteiger partial charge is 0.225 e. The van der Waals surface area contributed by atoms with Gasteiger partial charge < -0.3 is 9.64 Å². The summed E-state index contributed by atoms with van der Waals surface area (Å²) in [6.07, 6.45) is 4.67. The first-order valence-corrected chi connectivity index (χ1v) is 8.30. The van der Waals surface area contributed by atoms with Crippen molar-refractivity contribution in [3.05, 3.63) is 47.8 Å². The molecule has 2 aromatic rings. The molecule has 0 spiro atoms. The van der Waals surface area contributed by atoms with Gasteiger partial charge in [-0.15, -0.1) is 0 Å². The van der Waals surface area contributed by atoms with Crippen molar-refractivity contribution >= 4 is 5.95 Å². The van der Waals surface area contributed by atoms with Crippen molar-refractivity contribution in [2.45, 2.75) is 13.3 Å². The highest BCUT2D eigenvalue weighted by Gasteiger charge is 2.56. The number of hydrogen-bond donors (Lipinski definition) is 0. The van der Waals surface area contributed by atoms with E-state index in [2.05, 4.69) is 21.8 Å². The molecule has 0 N–H and O–H groups in total. The van der Waals surface area contributed by atoms with Crippen molar-refractivity contribution in [1.82, 2.24) is 9.97 Å². The van der Waals surface area contributed by atoms with E-state index in [1.165, 1.54) is 18.2 Å². The van der Waals surface area contributed by atoms with Crippen LogP contribution in [0.5, 0.6) is 5.75 Å². The van der Waals surface area contributed by atoms with Gasteiger partial charge in [-0.3, -0.25) is 0 Å². The number of aryl methyl sites for hydroxylation is 1. The third-order valence-electron chi connectivity index (χ3n) is 5.09. The maximum atomic E-state index is 13.6. The minimum Gasteiger partial charge on any atom is -0.487 e. The highest BCUT2D eigenvalue weighted by Crippen LogP contribution is 2.52. The van der Waals surface area contributed by atoms with Crippen LogP contribution in [0.4, 0.5) is 14.7 Å². The third kappa shape index (κ3) is 2.70. The summed E-state index contributed by atoms with van der Waals surface area (Å²) in [5.74, 6) is 0.550. The van der Waals surface area contributed by atoms with Crippen molar-refractivity contribution in [2.24, 2.45) is 17.8 Å². The van der Waals surface area contributed by atoms with Gasteiger partial charge in [0.15, 0.2) is 17.4 Å². The van der Waals surface area contributed by atoms with E-state index in [4.69, 9.17) is 4.74 Å². The lowest BCUT2D eigenvalue weighted by Gasteiger charge is -2.20. The maximum absolute atomic E-state index is 13.6. The SMILES string of the molecule is CCc1cnc(N2CC3C(COc4c(F)cccc4F)C3C2)nc1. The predicted octanol–water partition coefficient (Wildman–Crippen LogP) is 3.08. The number of hydrogen-bond acceptors (Lipinski definition) is 4. The van der Waals surface area contributed by atoms with Crippen molar-refractivity contribution < 1.29 is 13.5 Å². The van der Waals surface area contributed by atoms with Gasteiger partial charge in [-0.25, -0.2) is 18.7 Å². The molecule has 0 radical (unpaired) electrons. The average Bonchev–Trinajstić information content (AvgIpc) is 3.04. The summed E-state index contributed by atoms with van der Waals surface area (Å²) < 4.78 is 32.5. The molecule has 1 aliphatic heterocycles. The van der Waals surface area contributed by atoms with E-state index in [9.17, 15) is 8.78 Å². The number of anilines is 1. The second-order valence-corrected chi connectivity index (χ2v) is 6.50. The van der Waals surface area contributed by atoms with Crippen molar-refractivity contribution in [3.8, 4) is 5.75 Å². The molecule has 1 aromatic carbocycles. The van der Waals surface area contributed by atoms with Crippen LogP contribution in [-0.2, 0) is 6.42 Å². The fourth-order valence-corrected chi connectivity index (χ4v) is 3.55. The Bertz CT molecular complexity index is 705. The molecule has 2 atom stereocenters. The van der Waals surface area contributed by atoms with Gasteiger partial charge in [-0.2, -0.15) is 0 Å². The lowest BCUT2D eigenvalue weighted by atomic mass is 10.2. The van der Waals surface area contributed by atoms with Crippen LogP contribution in [0.1, 0.15) is 12.5 Å². The predicted molar refractivity (Wildman–Crippen MR) is 85.9 cm³/mol. The first kappa shape index (κ1) is 15.3. The van der Waals surface area contributed by atoms with Gasteiger partial charge >= 0.3 is 0 Å². The third-order valence-corrected chi connectivity index (χ3v) is 5.09. The van der Waals surface area contributed by atoms with Crippen molar-refractivity contribution in [1.29, 1.82) is 0 Å². The van der Waals surface area contributed by atoms with Crippen LogP contribution in [0.25, 0.3) is 0 Å². The molecule has 0 bridgehead atoms. The summed E-state index contributed by atoms with van der Waals surface area (Å²) in [6, 6.07) is 3.77. The quantitative estimate of drug-likeness (QED) is 0.844. The zero-order valence-electron chi connectivity index (χ0n) is 13.5. The van der Waals surface area contributed by atoms with E-state index in [1.807, 2.05) is 12.4 Å². The molecule has 2 unspecified atom stereocenters. The number of ether oxygens (including phenoxy) is 1. The Labute approximate surface area is 139 Å². The number of para-hydroxylation sites is 1. The standard InChI is InChI=1S/C18H19F2N3O/c1-2-11-6-21-18(22-7-11)23-8-12-13(9-23)14(12)10-24-17-15(19)4-3-5-16(17)20/h3-7,12-14H,2,8-10H2,1H3. The number of piperidine rings is 1. The van der Waals surface area contributed by atoms with E-state index < -0.39 is 11.6 Å². The molecule has 4 rings (SSSR count). The largest absolute Gasteiger partial charge is 0.487 e. The lowest BCUT2D eigenvalue weighted by molar-refractivity contribution is 0.257. The van der Waals surface area contributed by atoms with Crippen molar-refractivity contribution in [3.63, 3.8) is 0 Å². The van der Waals surface area contributed by atoms with Gasteiger partial charge in [0.25, 0.3) is 0 Å². The van der Waals surface area contributed by atoms with Crippen molar-refractivity contribution in [2.75, 3.05) is 24.6 Å². The fraction of sp³-hybridized carbons (Fsp3) is 0.444. The summed E-state index contributed by atoms with van der Waals surface area (Å²) in [5.41, 5.74) is 1.13. The Balaban J connectivity index is 1.32. The van der Waals surface area contributed by atoms with Crippen LogP contribution < -0.4 is 9.64 Å². The topological polar surface area (TPSA) is 38.2 Å². The summed E-state index contributed by atoms with van der Waals surface area (Å²) >= 11 is 0. The van der Waals surface area contributed by atoms with Gasteiger partial charge in [0.05, 0.1) is 6.61 Å². The van der Waals surface area contributed by atoms with Crippen LogP contribution in [0.3, 0.4) is 0 Å². The molecule has 2 heterocycles. The van der Waals surface area contributed by atoms with Gasteiger partial charge in [0, 0.05) is 31.4 Å². The molecule has 4 nitrogen and oxygen atoms in total. The Morgan fingerprint density at radius 3 is 2.33 bits per heavy atom. The lowest BCUT2D eigenvalue weighted by Crippen LogP contribution is -2.27. The molecular formula is C18H19F2N3O. The molecule has 0 amide bonds. The summed E-state index contributed by atoms with van der Waals surface area (Å²) in [4.78, 5) is 11.0. The van der Waals surface area contributed by atoms with E-state index >= 15 is 0 Å². The van der Waals surface area contributed by atoms with Crippen LogP contribution in [-0.4, -0.2) is 29.7 Å². The number of benzene rings is 1. The number of rotatable bonds is 5. The summed E-state index contributed by atoms with van der Waals surface area (Å²) in [6.45, 7) is 4.19. The Morgan fingerprint density at radius 2 is 1.75 bits per heavy atom. The van der Waals surface area contributed by atoms with Crippen LogP contribution in [0.15, 0.2) is 30.6 Å². The highest BCUT2D eigenvalue weighted by molar-refractivity contribution is 5.36. The normalized spacial score (nSPS) is 24.8. The first-order valence-electron chi connectivity index (χ1n) is 8.30. The van der Waals surface area contributed by atoms with Gasteiger partial charge in [0.1, 0.15) is 0 Å². The number of nitrogens with zero attached hydrogens (tertiary/aromatic N) is 3. The van der Waals surface area contributed by atoms with E-state index in [0.717, 1.165) is 31.0 Å². The number of fused-ring (bicyclic) bond motifs is 1. The second-order valence-electron chi connectivity index (χ2n) is 6.50. The van der Waals surface area contributed by atoms with Crippen LogP contribution in [0.2, 0.25) is 0 Å². The van der Waals surface area contributed by atoms with Crippen LogP contribution >= 0.6 is 0 Å². The highest BCUT2D eigenvalue weighted by atomic mass is 19.1. The first-order chi connectivity index (χ1) is 11.7. The van der Waals surface area contributed by atoms with Crippen LogP contribution in [0, 0.1) is 29.4 Å². The number of halogens is 2. The monoisotopic (exact) mass is 331 g/mol. The minimum atomic E-state index is -0.646. The summed E-state index contributed by atoms with van der Waals surface area (Å²) in [5, 5.41) is 0. The fourth-order valence-electron chi connectivity index (χ4n) is 3.55. The molecule has 6 heteroatoms. The van der Waals surface area contributed by atoms with Gasteiger partial charge in [-0.1, -0.05) is 13.0 Å². The Kier molecular flexibility index (Phi) is 3.82. The molecule has 2 fully saturated rings. The molecule has 126 valence electrons. The molecule has 1 saturated heterocycles. The van der Waals surface area contributed by atoms with E-state index in [-0.39, 0.29) is 5.75 Å². The molecule has 1 aromatic heterocycles. The molecule has 24 heavy (non-hydrogen) atoms. The molecule has 2 aliphatic rings. The number of aromatic nitrogens is 2. The van der Waals surface area contributed by atoms with Gasteiger partial charge in [0.2, 0.25) is 5.95 Å². The van der Waals surface area contributed by atoms with E-state index in [1.54, 1.807) is 0 Å². The van der Waals surface area contributed by atoms with E-state index in [0.29, 0.717) is 24.4 Å². The van der Waals surface area contributed by atoms with Gasteiger partial charge in [-0.05, 0) is 36.0 Å². The Hall–Kier alpha value is -2.24. The Morgan fingerprint density at radius 1 is 1.12 bits per heavy atom. The molecule has 1 saturated carbocycles.